The van der Waals surface area contributed by atoms with Gasteiger partial charge in [0, 0.05) is 6.20 Å². The van der Waals surface area contributed by atoms with Crippen molar-refractivity contribution in [2.45, 2.75) is 20.3 Å². The standard InChI is InChI=1S/C15H17N3O/c1-10-5-6-11(2)12(8-10)9-14(19)18-15-13(16)4-3-7-17-15/h3-8H,9,16H2,1-2H3,(H,17,18,19). The molecule has 1 aromatic carbocycles. The number of anilines is 2. The third kappa shape index (κ3) is 3.31. The lowest BCUT2D eigenvalue weighted by atomic mass is 10.0. The summed E-state index contributed by atoms with van der Waals surface area (Å²) in [5.74, 6) is 0.303. The van der Waals surface area contributed by atoms with E-state index in [1.165, 1.54) is 0 Å². The Kier molecular flexibility index (Phi) is 3.80. The highest BCUT2D eigenvalue weighted by Crippen LogP contribution is 2.15. The van der Waals surface area contributed by atoms with Crippen LogP contribution < -0.4 is 11.1 Å². The van der Waals surface area contributed by atoms with Gasteiger partial charge in [0.15, 0.2) is 5.82 Å². The molecule has 0 fully saturated rings. The lowest BCUT2D eigenvalue weighted by Crippen LogP contribution is -2.17. The first-order chi connectivity index (χ1) is 9.06. The van der Waals surface area contributed by atoms with E-state index in [9.17, 15) is 4.79 Å². The second kappa shape index (κ2) is 5.52. The van der Waals surface area contributed by atoms with Gasteiger partial charge in [-0.2, -0.15) is 0 Å². The van der Waals surface area contributed by atoms with E-state index in [1.807, 2.05) is 32.0 Å². The van der Waals surface area contributed by atoms with Crippen molar-refractivity contribution in [1.82, 2.24) is 4.98 Å². The summed E-state index contributed by atoms with van der Waals surface area (Å²) in [6, 6.07) is 9.52. The summed E-state index contributed by atoms with van der Waals surface area (Å²) in [5.41, 5.74) is 9.48. The Balaban J connectivity index is 2.10. The van der Waals surface area contributed by atoms with Crippen molar-refractivity contribution in [2.24, 2.45) is 0 Å². The molecule has 0 aliphatic heterocycles. The number of hydrogen-bond acceptors (Lipinski definition) is 3. The first-order valence-corrected chi connectivity index (χ1v) is 6.13. The minimum absolute atomic E-state index is 0.112. The van der Waals surface area contributed by atoms with Gasteiger partial charge in [0.2, 0.25) is 5.91 Å². The first kappa shape index (κ1) is 13.1. The number of carbonyl (C=O) groups is 1. The van der Waals surface area contributed by atoms with Gasteiger partial charge in [0.25, 0.3) is 0 Å². The molecule has 3 N–H and O–H groups in total. The molecule has 1 heterocycles. The number of nitrogens with zero attached hydrogens (tertiary/aromatic N) is 1. The van der Waals surface area contributed by atoms with Crippen LogP contribution in [-0.2, 0) is 11.2 Å². The number of benzene rings is 1. The molecule has 1 amide bonds. The van der Waals surface area contributed by atoms with E-state index in [-0.39, 0.29) is 5.91 Å². The van der Waals surface area contributed by atoms with Crippen molar-refractivity contribution in [3.05, 3.63) is 53.2 Å². The molecular weight excluding hydrogens is 238 g/mol. The molecule has 0 radical (unpaired) electrons. The molecule has 0 unspecified atom stereocenters. The predicted octanol–water partition coefficient (Wildman–Crippen LogP) is 2.46. The molecule has 0 aliphatic rings. The molecule has 2 rings (SSSR count). The van der Waals surface area contributed by atoms with Gasteiger partial charge in [-0.25, -0.2) is 4.98 Å². The SMILES string of the molecule is Cc1ccc(C)c(CC(=O)Nc2ncccc2N)c1. The Labute approximate surface area is 112 Å². The molecule has 0 bridgehead atoms. The van der Waals surface area contributed by atoms with Gasteiger partial charge in [-0.05, 0) is 37.1 Å². The number of aryl methyl sites for hydroxylation is 2. The zero-order chi connectivity index (χ0) is 13.8. The van der Waals surface area contributed by atoms with Crippen molar-refractivity contribution in [3.63, 3.8) is 0 Å². The second-order valence-electron chi connectivity index (χ2n) is 4.60. The van der Waals surface area contributed by atoms with Gasteiger partial charge in [-0.1, -0.05) is 23.8 Å². The largest absolute Gasteiger partial charge is 0.396 e. The molecule has 98 valence electrons. The maximum absolute atomic E-state index is 12.0. The van der Waals surface area contributed by atoms with Crippen molar-refractivity contribution < 1.29 is 4.79 Å². The van der Waals surface area contributed by atoms with E-state index in [4.69, 9.17) is 5.73 Å². The highest BCUT2D eigenvalue weighted by Gasteiger charge is 2.08. The van der Waals surface area contributed by atoms with Crippen LogP contribution in [0.15, 0.2) is 36.5 Å². The zero-order valence-corrected chi connectivity index (χ0v) is 11.1. The van der Waals surface area contributed by atoms with E-state index in [0.717, 1.165) is 16.7 Å². The van der Waals surface area contributed by atoms with Crippen LogP contribution in [0, 0.1) is 13.8 Å². The van der Waals surface area contributed by atoms with Crippen LogP contribution in [0.3, 0.4) is 0 Å². The van der Waals surface area contributed by atoms with Gasteiger partial charge >= 0.3 is 0 Å². The highest BCUT2D eigenvalue weighted by atomic mass is 16.1. The fraction of sp³-hybridized carbons (Fsp3) is 0.200. The maximum atomic E-state index is 12.0. The molecule has 0 saturated heterocycles. The number of amides is 1. The van der Waals surface area contributed by atoms with Crippen molar-refractivity contribution in [3.8, 4) is 0 Å². The van der Waals surface area contributed by atoms with Crippen LogP contribution in [-0.4, -0.2) is 10.9 Å². The lowest BCUT2D eigenvalue weighted by molar-refractivity contribution is -0.115. The number of carbonyl (C=O) groups excluding carboxylic acids is 1. The molecule has 0 saturated carbocycles. The van der Waals surface area contributed by atoms with Gasteiger partial charge in [0.1, 0.15) is 0 Å². The van der Waals surface area contributed by atoms with E-state index in [2.05, 4.69) is 10.3 Å². The Morgan fingerprint density at radius 1 is 1.32 bits per heavy atom. The highest BCUT2D eigenvalue weighted by molar-refractivity contribution is 5.93. The Bertz CT molecular complexity index is 608. The van der Waals surface area contributed by atoms with Crippen LogP contribution >= 0.6 is 0 Å². The van der Waals surface area contributed by atoms with Gasteiger partial charge in [-0.3, -0.25) is 4.79 Å². The Hall–Kier alpha value is -2.36. The number of aromatic nitrogens is 1. The normalized spacial score (nSPS) is 10.2. The summed E-state index contributed by atoms with van der Waals surface area (Å²) in [5, 5.41) is 2.73. The second-order valence-corrected chi connectivity index (χ2v) is 4.60. The quantitative estimate of drug-likeness (QED) is 0.885. The number of nitrogen functional groups attached to an aromatic ring is 1. The average molecular weight is 255 g/mol. The van der Waals surface area contributed by atoms with E-state index in [1.54, 1.807) is 18.3 Å². The minimum atomic E-state index is -0.112. The van der Waals surface area contributed by atoms with Crippen molar-refractivity contribution >= 4 is 17.4 Å². The number of nitrogens with two attached hydrogens (primary N) is 1. The molecule has 0 atom stereocenters. The fourth-order valence-corrected chi connectivity index (χ4v) is 1.86. The summed E-state index contributed by atoms with van der Waals surface area (Å²) < 4.78 is 0. The molecule has 19 heavy (non-hydrogen) atoms. The lowest BCUT2D eigenvalue weighted by Gasteiger charge is -2.09. The van der Waals surface area contributed by atoms with E-state index < -0.39 is 0 Å². The molecule has 2 aromatic rings. The topological polar surface area (TPSA) is 68.0 Å². The fourth-order valence-electron chi connectivity index (χ4n) is 1.86. The summed E-state index contributed by atoms with van der Waals surface area (Å²) in [7, 11) is 0. The Morgan fingerprint density at radius 3 is 2.84 bits per heavy atom. The smallest absolute Gasteiger partial charge is 0.230 e. The number of nitrogens with one attached hydrogen (secondary N) is 1. The minimum Gasteiger partial charge on any atom is -0.396 e. The monoisotopic (exact) mass is 255 g/mol. The molecule has 4 nitrogen and oxygen atoms in total. The van der Waals surface area contributed by atoms with Gasteiger partial charge in [0.05, 0.1) is 12.1 Å². The van der Waals surface area contributed by atoms with Gasteiger partial charge < -0.3 is 11.1 Å². The summed E-state index contributed by atoms with van der Waals surface area (Å²) in [6.45, 7) is 4.01. The number of rotatable bonds is 3. The molecule has 4 heteroatoms. The molecule has 0 aliphatic carbocycles. The van der Waals surface area contributed by atoms with Crippen LogP contribution in [0.25, 0.3) is 0 Å². The van der Waals surface area contributed by atoms with Crippen LogP contribution in [0.2, 0.25) is 0 Å². The third-order valence-electron chi connectivity index (χ3n) is 2.95. The molecule has 1 aromatic heterocycles. The summed E-state index contributed by atoms with van der Waals surface area (Å²) in [6.07, 6.45) is 1.92. The Morgan fingerprint density at radius 2 is 2.11 bits per heavy atom. The van der Waals surface area contributed by atoms with E-state index >= 15 is 0 Å². The maximum Gasteiger partial charge on any atom is 0.230 e. The van der Waals surface area contributed by atoms with E-state index in [0.29, 0.717) is 17.9 Å². The van der Waals surface area contributed by atoms with Crippen LogP contribution in [0.1, 0.15) is 16.7 Å². The third-order valence-corrected chi connectivity index (χ3v) is 2.95. The summed E-state index contributed by atoms with van der Waals surface area (Å²) in [4.78, 5) is 16.0. The zero-order valence-electron chi connectivity index (χ0n) is 11.1. The molecule has 0 spiro atoms. The van der Waals surface area contributed by atoms with Crippen molar-refractivity contribution in [1.29, 1.82) is 0 Å². The molecular formula is C15H17N3O. The number of pyridine rings is 1. The first-order valence-electron chi connectivity index (χ1n) is 6.13. The van der Waals surface area contributed by atoms with Crippen LogP contribution in [0.5, 0.6) is 0 Å². The van der Waals surface area contributed by atoms with Crippen molar-refractivity contribution in [2.75, 3.05) is 11.1 Å². The predicted molar refractivity (Wildman–Crippen MR) is 76.9 cm³/mol. The van der Waals surface area contributed by atoms with Gasteiger partial charge in [-0.15, -0.1) is 0 Å². The average Bonchev–Trinajstić information content (AvgIpc) is 2.37. The number of hydrogen-bond donors (Lipinski definition) is 2. The summed E-state index contributed by atoms with van der Waals surface area (Å²) >= 11 is 0. The van der Waals surface area contributed by atoms with Crippen LogP contribution in [0.4, 0.5) is 11.5 Å².